The van der Waals surface area contributed by atoms with Gasteiger partial charge in [0, 0.05) is 31.5 Å². The Kier molecular flexibility index (Phi) is 5.88. The molecule has 2 amide bonds. The molecule has 7 nitrogen and oxygen atoms in total. The van der Waals surface area contributed by atoms with E-state index in [1.54, 1.807) is 16.9 Å². The van der Waals surface area contributed by atoms with Crippen LogP contribution in [-0.4, -0.2) is 69.4 Å². The van der Waals surface area contributed by atoms with Gasteiger partial charge in [-0.2, -0.15) is 0 Å². The maximum atomic E-state index is 12.4. The van der Waals surface area contributed by atoms with Crippen LogP contribution in [0.15, 0.2) is 24.3 Å². The predicted octanol–water partition coefficient (Wildman–Crippen LogP) is 1.07. The van der Waals surface area contributed by atoms with E-state index in [1.165, 1.54) is 0 Å². The quantitative estimate of drug-likeness (QED) is 0.769. The number of piperazine rings is 1. The summed E-state index contributed by atoms with van der Waals surface area (Å²) in [6.45, 7) is 2.21. The van der Waals surface area contributed by atoms with Crippen LogP contribution in [0.5, 0.6) is 5.75 Å². The van der Waals surface area contributed by atoms with Crippen molar-refractivity contribution in [3.8, 4) is 5.75 Å². The van der Waals surface area contributed by atoms with Gasteiger partial charge in [0.15, 0.2) is 0 Å². The molecule has 2 saturated heterocycles. The summed E-state index contributed by atoms with van der Waals surface area (Å²) in [5, 5.41) is 0. The second-order valence-electron chi connectivity index (χ2n) is 6.21. The van der Waals surface area contributed by atoms with Gasteiger partial charge in [-0.1, -0.05) is 6.07 Å². The van der Waals surface area contributed by atoms with Crippen molar-refractivity contribution in [2.45, 2.75) is 18.9 Å². The van der Waals surface area contributed by atoms with Crippen LogP contribution in [-0.2, 0) is 19.1 Å². The Morgan fingerprint density at radius 2 is 2.24 bits per heavy atom. The number of amides is 2. The molecule has 7 heteroatoms. The van der Waals surface area contributed by atoms with E-state index in [9.17, 15) is 9.59 Å². The molecule has 1 aromatic rings. The molecule has 2 aliphatic rings. The summed E-state index contributed by atoms with van der Waals surface area (Å²) in [7, 11) is 1.59. The van der Waals surface area contributed by atoms with Gasteiger partial charge in [0.2, 0.25) is 11.8 Å². The zero-order valence-corrected chi connectivity index (χ0v) is 14.5. The van der Waals surface area contributed by atoms with Crippen molar-refractivity contribution in [1.82, 2.24) is 4.90 Å². The number of hydrogen-bond acceptors (Lipinski definition) is 5. The summed E-state index contributed by atoms with van der Waals surface area (Å²) in [4.78, 5) is 27.9. The Morgan fingerprint density at radius 1 is 1.36 bits per heavy atom. The van der Waals surface area contributed by atoms with E-state index in [4.69, 9.17) is 14.2 Å². The van der Waals surface area contributed by atoms with E-state index in [0.717, 1.165) is 25.1 Å². The summed E-state index contributed by atoms with van der Waals surface area (Å²) in [5.74, 6) is 0.440. The minimum atomic E-state index is -0.156. The van der Waals surface area contributed by atoms with Crippen LogP contribution in [0.4, 0.5) is 5.69 Å². The standard InChI is InChI=1S/C18H24N2O5/c1-23-15-5-2-4-14(10-15)20-8-7-19(11-17(20)21)18(22)13-24-12-16-6-3-9-25-16/h2,4-5,10,16H,3,6-9,11-13H2,1H3/t16-/m1/s1. The molecular formula is C18H24N2O5. The number of carbonyl (C=O) groups excluding carboxylic acids is 2. The zero-order chi connectivity index (χ0) is 17.6. The molecule has 0 saturated carbocycles. The number of hydrogen-bond donors (Lipinski definition) is 0. The molecule has 1 aromatic carbocycles. The van der Waals surface area contributed by atoms with E-state index in [2.05, 4.69) is 0 Å². The topological polar surface area (TPSA) is 68.3 Å². The van der Waals surface area contributed by atoms with E-state index >= 15 is 0 Å². The smallest absolute Gasteiger partial charge is 0.249 e. The molecule has 1 atom stereocenters. The average molecular weight is 348 g/mol. The summed E-state index contributed by atoms with van der Waals surface area (Å²) < 4.78 is 16.1. The number of rotatable bonds is 6. The van der Waals surface area contributed by atoms with Crippen LogP contribution in [0.3, 0.4) is 0 Å². The lowest BCUT2D eigenvalue weighted by Gasteiger charge is -2.34. The van der Waals surface area contributed by atoms with Gasteiger partial charge >= 0.3 is 0 Å². The first kappa shape index (κ1) is 17.7. The Bertz CT molecular complexity index is 615. The third-order valence-corrected chi connectivity index (χ3v) is 4.49. The van der Waals surface area contributed by atoms with Gasteiger partial charge in [0.05, 0.1) is 19.8 Å². The highest BCUT2D eigenvalue weighted by molar-refractivity contribution is 5.98. The zero-order valence-electron chi connectivity index (χ0n) is 14.5. The Morgan fingerprint density at radius 3 is 2.96 bits per heavy atom. The molecule has 2 heterocycles. The maximum Gasteiger partial charge on any atom is 0.249 e. The minimum absolute atomic E-state index is 0.00764. The number of carbonyl (C=O) groups is 2. The number of nitrogens with zero attached hydrogens (tertiary/aromatic N) is 2. The van der Waals surface area contributed by atoms with Crippen molar-refractivity contribution in [1.29, 1.82) is 0 Å². The molecule has 0 radical (unpaired) electrons. The minimum Gasteiger partial charge on any atom is -0.497 e. The highest BCUT2D eigenvalue weighted by Crippen LogP contribution is 2.22. The van der Waals surface area contributed by atoms with E-state index < -0.39 is 0 Å². The van der Waals surface area contributed by atoms with E-state index in [-0.39, 0.29) is 31.1 Å². The molecule has 0 spiro atoms. The number of ether oxygens (including phenoxy) is 3. The largest absolute Gasteiger partial charge is 0.497 e. The number of methoxy groups -OCH3 is 1. The second-order valence-corrected chi connectivity index (χ2v) is 6.21. The Balaban J connectivity index is 1.48. The van der Waals surface area contributed by atoms with Crippen LogP contribution >= 0.6 is 0 Å². The van der Waals surface area contributed by atoms with Gasteiger partial charge in [0.25, 0.3) is 0 Å². The van der Waals surface area contributed by atoms with Gasteiger partial charge in [-0.25, -0.2) is 0 Å². The molecule has 0 aliphatic carbocycles. The van der Waals surface area contributed by atoms with Crippen LogP contribution < -0.4 is 9.64 Å². The first-order valence-electron chi connectivity index (χ1n) is 8.59. The molecule has 0 N–H and O–H groups in total. The molecule has 25 heavy (non-hydrogen) atoms. The van der Waals surface area contributed by atoms with Crippen molar-refractivity contribution >= 4 is 17.5 Å². The van der Waals surface area contributed by atoms with Crippen LogP contribution in [0, 0.1) is 0 Å². The lowest BCUT2D eigenvalue weighted by atomic mass is 10.2. The monoisotopic (exact) mass is 348 g/mol. The Hall–Kier alpha value is -2.12. The van der Waals surface area contributed by atoms with E-state index in [0.29, 0.717) is 25.4 Å². The summed E-state index contributed by atoms with van der Waals surface area (Å²) in [5.41, 5.74) is 0.783. The van der Waals surface area contributed by atoms with Gasteiger partial charge in [-0.05, 0) is 25.0 Å². The first-order chi connectivity index (χ1) is 12.2. The first-order valence-corrected chi connectivity index (χ1v) is 8.59. The summed E-state index contributed by atoms with van der Waals surface area (Å²) in [6.07, 6.45) is 2.12. The Labute approximate surface area is 147 Å². The second kappa shape index (κ2) is 8.31. The SMILES string of the molecule is COc1cccc(N2CCN(C(=O)COC[C@H]3CCCO3)CC2=O)c1. The molecule has 0 aromatic heterocycles. The van der Waals surface area contributed by atoms with Crippen molar-refractivity contribution < 1.29 is 23.8 Å². The lowest BCUT2D eigenvalue weighted by Crippen LogP contribution is -2.53. The van der Waals surface area contributed by atoms with Crippen molar-refractivity contribution in [3.63, 3.8) is 0 Å². The fourth-order valence-corrected chi connectivity index (χ4v) is 3.08. The van der Waals surface area contributed by atoms with Gasteiger partial charge in [-0.3, -0.25) is 9.59 Å². The number of anilines is 1. The molecule has 2 aliphatic heterocycles. The lowest BCUT2D eigenvalue weighted by molar-refractivity contribution is -0.141. The summed E-state index contributed by atoms with van der Waals surface area (Å²) >= 11 is 0. The van der Waals surface area contributed by atoms with E-state index in [1.807, 2.05) is 24.3 Å². The fraction of sp³-hybridized carbons (Fsp3) is 0.556. The van der Waals surface area contributed by atoms with Crippen LogP contribution in [0.25, 0.3) is 0 Å². The highest BCUT2D eigenvalue weighted by atomic mass is 16.5. The molecule has 2 fully saturated rings. The molecule has 3 rings (SSSR count). The molecular weight excluding hydrogens is 324 g/mol. The van der Waals surface area contributed by atoms with Gasteiger partial charge < -0.3 is 24.0 Å². The number of benzene rings is 1. The van der Waals surface area contributed by atoms with Crippen LogP contribution in [0.1, 0.15) is 12.8 Å². The summed E-state index contributed by atoms with van der Waals surface area (Å²) in [6, 6.07) is 7.36. The predicted molar refractivity (Wildman–Crippen MR) is 91.7 cm³/mol. The normalized spacial score (nSPS) is 20.8. The molecule has 136 valence electrons. The van der Waals surface area contributed by atoms with Crippen molar-refractivity contribution in [2.24, 2.45) is 0 Å². The molecule has 0 bridgehead atoms. The maximum absolute atomic E-state index is 12.4. The highest BCUT2D eigenvalue weighted by Gasteiger charge is 2.28. The molecule has 0 unspecified atom stereocenters. The third kappa shape index (κ3) is 4.49. The van der Waals surface area contributed by atoms with Gasteiger partial charge in [0.1, 0.15) is 18.9 Å². The third-order valence-electron chi connectivity index (χ3n) is 4.49. The van der Waals surface area contributed by atoms with Crippen molar-refractivity contribution in [3.05, 3.63) is 24.3 Å². The van der Waals surface area contributed by atoms with Crippen molar-refractivity contribution in [2.75, 3.05) is 51.5 Å². The van der Waals surface area contributed by atoms with Crippen LogP contribution in [0.2, 0.25) is 0 Å². The fourth-order valence-electron chi connectivity index (χ4n) is 3.08. The van der Waals surface area contributed by atoms with Gasteiger partial charge in [-0.15, -0.1) is 0 Å². The average Bonchev–Trinajstić information content (AvgIpc) is 3.15.